The topological polar surface area (TPSA) is 63.5 Å². The van der Waals surface area contributed by atoms with Crippen molar-refractivity contribution in [3.8, 4) is 0 Å². The van der Waals surface area contributed by atoms with Crippen LogP contribution in [0.25, 0.3) is 0 Å². The average molecular weight is 315 g/mol. The second-order valence-electron chi connectivity index (χ2n) is 5.79. The van der Waals surface area contributed by atoms with Gasteiger partial charge in [-0.25, -0.2) is 0 Å². The van der Waals surface area contributed by atoms with Crippen molar-refractivity contribution in [2.75, 3.05) is 38.7 Å². The Morgan fingerprint density at radius 2 is 2.17 bits per heavy atom. The molecule has 7 heteroatoms. The third kappa shape index (κ3) is 3.19. The van der Waals surface area contributed by atoms with E-state index in [4.69, 9.17) is 4.74 Å². The van der Waals surface area contributed by atoms with Gasteiger partial charge in [-0.15, -0.1) is 0 Å². The molecule has 0 radical (unpaired) electrons. The number of morpholine rings is 1. The number of amides is 1. The van der Waals surface area contributed by atoms with Crippen molar-refractivity contribution in [2.24, 2.45) is 7.05 Å². The number of aromatic nitrogens is 3. The number of rotatable bonds is 3. The average Bonchev–Trinajstić information content (AvgIpc) is 3.00. The quantitative estimate of drug-likeness (QED) is 0.848. The minimum absolute atomic E-state index is 0.0248. The zero-order valence-corrected chi connectivity index (χ0v) is 13.6. The zero-order chi connectivity index (χ0) is 16.4. The fourth-order valence-corrected chi connectivity index (χ4v) is 2.61. The van der Waals surface area contributed by atoms with E-state index in [2.05, 4.69) is 10.1 Å². The normalized spacial score (nSPS) is 18.0. The maximum Gasteiger partial charge on any atom is 0.272 e. The summed E-state index contributed by atoms with van der Waals surface area (Å²) in [5.74, 6) is -0.0248. The van der Waals surface area contributed by atoms with Gasteiger partial charge in [0.1, 0.15) is 11.8 Å². The van der Waals surface area contributed by atoms with Crippen LogP contribution in [0.1, 0.15) is 22.3 Å². The van der Waals surface area contributed by atoms with E-state index in [-0.39, 0.29) is 12.0 Å². The van der Waals surface area contributed by atoms with Crippen LogP contribution in [-0.4, -0.2) is 59.4 Å². The molecule has 0 bridgehead atoms. The second-order valence-corrected chi connectivity index (χ2v) is 5.79. The molecule has 1 saturated heterocycles. The summed E-state index contributed by atoms with van der Waals surface area (Å²) in [5.41, 5.74) is 2.46. The van der Waals surface area contributed by atoms with Crippen molar-refractivity contribution >= 4 is 11.6 Å². The van der Waals surface area contributed by atoms with Crippen molar-refractivity contribution in [1.29, 1.82) is 0 Å². The van der Waals surface area contributed by atoms with Gasteiger partial charge in [0.15, 0.2) is 0 Å². The molecule has 1 atom stereocenters. The molecule has 1 fully saturated rings. The van der Waals surface area contributed by atoms with E-state index in [0.29, 0.717) is 25.4 Å². The van der Waals surface area contributed by atoms with Crippen molar-refractivity contribution in [1.82, 2.24) is 19.7 Å². The lowest BCUT2D eigenvalue weighted by Gasteiger charge is -2.32. The summed E-state index contributed by atoms with van der Waals surface area (Å²) in [7, 11) is 5.72. The lowest BCUT2D eigenvalue weighted by atomic mass is 10.1. The first-order valence-corrected chi connectivity index (χ1v) is 7.58. The number of hydrogen-bond donors (Lipinski definition) is 0. The van der Waals surface area contributed by atoms with Crippen molar-refractivity contribution in [2.45, 2.75) is 6.10 Å². The van der Waals surface area contributed by atoms with Crippen LogP contribution in [0.15, 0.2) is 30.6 Å². The summed E-state index contributed by atoms with van der Waals surface area (Å²) in [5, 5.41) is 4.06. The highest BCUT2D eigenvalue weighted by Crippen LogP contribution is 2.23. The molecule has 0 aliphatic carbocycles. The molecule has 0 N–H and O–H groups in total. The van der Waals surface area contributed by atoms with Crippen molar-refractivity contribution < 1.29 is 9.53 Å². The highest BCUT2D eigenvalue weighted by atomic mass is 16.5. The highest BCUT2D eigenvalue weighted by molar-refractivity contribution is 5.92. The van der Waals surface area contributed by atoms with Crippen LogP contribution in [0.5, 0.6) is 0 Å². The van der Waals surface area contributed by atoms with Crippen LogP contribution in [0.2, 0.25) is 0 Å². The number of hydrogen-bond acceptors (Lipinski definition) is 5. The fourth-order valence-electron chi connectivity index (χ4n) is 2.61. The molecule has 7 nitrogen and oxygen atoms in total. The molecular formula is C16H21N5O2. The van der Waals surface area contributed by atoms with Gasteiger partial charge in [-0.05, 0) is 18.2 Å². The van der Waals surface area contributed by atoms with Crippen molar-refractivity contribution in [3.05, 3.63) is 42.0 Å². The summed E-state index contributed by atoms with van der Waals surface area (Å²) in [4.78, 5) is 20.9. The predicted octanol–water partition coefficient (Wildman–Crippen LogP) is 1.09. The van der Waals surface area contributed by atoms with E-state index < -0.39 is 0 Å². The van der Waals surface area contributed by atoms with Crippen LogP contribution in [0, 0.1) is 0 Å². The van der Waals surface area contributed by atoms with Gasteiger partial charge in [0.05, 0.1) is 30.7 Å². The summed E-state index contributed by atoms with van der Waals surface area (Å²) in [6, 6.07) is 5.70. The Morgan fingerprint density at radius 1 is 1.35 bits per heavy atom. The fraction of sp³-hybridized carbons (Fsp3) is 0.438. The van der Waals surface area contributed by atoms with Gasteiger partial charge in [-0.2, -0.15) is 5.10 Å². The van der Waals surface area contributed by atoms with Crippen LogP contribution in [0.3, 0.4) is 0 Å². The van der Waals surface area contributed by atoms with Gasteiger partial charge >= 0.3 is 0 Å². The monoisotopic (exact) mass is 315 g/mol. The van der Waals surface area contributed by atoms with Crippen molar-refractivity contribution in [3.63, 3.8) is 0 Å². The molecule has 1 amide bonds. The molecule has 3 heterocycles. The molecule has 1 unspecified atom stereocenters. The largest absolute Gasteiger partial charge is 0.376 e. The van der Waals surface area contributed by atoms with E-state index in [9.17, 15) is 4.79 Å². The molecule has 2 aromatic rings. The van der Waals surface area contributed by atoms with E-state index in [0.717, 1.165) is 11.4 Å². The molecule has 2 aromatic heterocycles. The van der Waals surface area contributed by atoms with Crippen LogP contribution in [0.4, 0.5) is 5.69 Å². The smallest absolute Gasteiger partial charge is 0.272 e. The lowest BCUT2D eigenvalue weighted by Crippen LogP contribution is -2.43. The number of pyridine rings is 1. The maximum atomic E-state index is 12.6. The number of aryl methyl sites for hydroxylation is 1. The first kappa shape index (κ1) is 15.5. The Morgan fingerprint density at radius 3 is 2.78 bits per heavy atom. The Labute approximate surface area is 135 Å². The highest BCUT2D eigenvalue weighted by Gasteiger charge is 2.28. The maximum absolute atomic E-state index is 12.6. The number of anilines is 1. The van der Waals surface area contributed by atoms with Crippen LogP contribution >= 0.6 is 0 Å². The summed E-state index contributed by atoms with van der Waals surface area (Å²) in [6.07, 6.45) is 3.25. The van der Waals surface area contributed by atoms with E-state index in [1.807, 2.05) is 37.3 Å². The minimum atomic E-state index is -0.197. The Bertz CT molecular complexity index is 680. The van der Waals surface area contributed by atoms with E-state index in [1.54, 1.807) is 28.9 Å². The summed E-state index contributed by atoms with van der Waals surface area (Å²) >= 11 is 0. The standard InChI is InChI=1S/C16H21N5O2/c1-19(2)12-4-5-13(17-10-12)15-11-21(8-9-23-15)16(22)14-6-7-18-20(14)3/h4-7,10,15H,8-9,11H2,1-3H3. The van der Waals surface area contributed by atoms with Gasteiger partial charge in [-0.1, -0.05) is 0 Å². The number of carbonyl (C=O) groups excluding carboxylic acids is 1. The lowest BCUT2D eigenvalue weighted by molar-refractivity contribution is -0.0250. The van der Waals surface area contributed by atoms with Crippen LogP contribution in [-0.2, 0) is 11.8 Å². The molecule has 23 heavy (non-hydrogen) atoms. The first-order valence-electron chi connectivity index (χ1n) is 7.58. The summed E-state index contributed by atoms with van der Waals surface area (Å²) in [6.45, 7) is 1.58. The number of carbonyl (C=O) groups is 1. The second kappa shape index (κ2) is 6.37. The first-order chi connectivity index (χ1) is 11.1. The molecule has 0 saturated carbocycles. The molecule has 0 spiro atoms. The van der Waals surface area contributed by atoms with E-state index in [1.165, 1.54) is 0 Å². The third-order valence-electron chi connectivity index (χ3n) is 4.01. The Balaban J connectivity index is 1.73. The predicted molar refractivity (Wildman–Crippen MR) is 86.4 cm³/mol. The van der Waals surface area contributed by atoms with Crippen LogP contribution < -0.4 is 4.90 Å². The van der Waals surface area contributed by atoms with Gasteiger partial charge in [0, 0.05) is 33.9 Å². The zero-order valence-electron chi connectivity index (χ0n) is 13.6. The Hall–Kier alpha value is -2.41. The number of nitrogens with zero attached hydrogens (tertiary/aromatic N) is 5. The van der Waals surface area contributed by atoms with Gasteiger partial charge < -0.3 is 14.5 Å². The van der Waals surface area contributed by atoms with Gasteiger partial charge in [0.2, 0.25) is 0 Å². The minimum Gasteiger partial charge on any atom is -0.376 e. The molecule has 0 aromatic carbocycles. The molecule has 122 valence electrons. The molecule has 1 aliphatic heterocycles. The van der Waals surface area contributed by atoms with E-state index >= 15 is 0 Å². The van der Waals surface area contributed by atoms with Gasteiger partial charge in [0.25, 0.3) is 5.91 Å². The number of ether oxygens (including phenoxy) is 1. The Kier molecular flexibility index (Phi) is 4.29. The SMILES string of the molecule is CN(C)c1ccc(C2CN(C(=O)c3ccnn3C)CCO2)nc1. The van der Waals surface area contributed by atoms with Gasteiger partial charge in [-0.3, -0.25) is 14.5 Å². The summed E-state index contributed by atoms with van der Waals surface area (Å²) < 4.78 is 7.39. The molecule has 3 rings (SSSR count). The molecular weight excluding hydrogens is 294 g/mol. The third-order valence-corrected chi connectivity index (χ3v) is 4.01. The molecule has 1 aliphatic rings.